The second-order valence-corrected chi connectivity index (χ2v) is 6.27. The Morgan fingerprint density at radius 2 is 2.27 bits per heavy atom. The van der Waals surface area contributed by atoms with Crippen LogP contribution in [0.4, 0.5) is 5.69 Å². The molecule has 0 saturated carbocycles. The number of amides is 1. The van der Waals surface area contributed by atoms with Crippen LogP contribution in [0.5, 0.6) is 0 Å². The number of nitrogens with zero attached hydrogens (tertiary/aromatic N) is 1. The summed E-state index contributed by atoms with van der Waals surface area (Å²) in [6, 6.07) is 5.69. The first-order valence-corrected chi connectivity index (χ1v) is 6.84. The van der Waals surface area contributed by atoms with Crippen molar-refractivity contribution in [2.75, 3.05) is 11.4 Å². The van der Waals surface area contributed by atoms with E-state index in [4.69, 9.17) is 11.6 Å². The Hall–Kier alpha value is 0.190. The summed E-state index contributed by atoms with van der Waals surface area (Å²) in [5, 5.41) is 0.693. The van der Waals surface area contributed by atoms with Crippen LogP contribution in [0.25, 0.3) is 0 Å². The minimum atomic E-state index is 0.147. The molecule has 0 aromatic heterocycles. The lowest BCUT2D eigenvalue weighted by Crippen LogP contribution is -2.24. The maximum Gasteiger partial charge on any atom is 0.228 e. The Morgan fingerprint density at radius 3 is 2.80 bits per heavy atom. The van der Waals surface area contributed by atoms with E-state index >= 15 is 0 Å². The van der Waals surface area contributed by atoms with Gasteiger partial charge in [-0.3, -0.25) is 4.79 Å². The lowest BCUT2D eigenvalue weighted by atomic mass is 10.3. The second kappa shape index (κ2) is 4.59. The van der Waals surface area contributed by atoms with E-state index in [1.165, 1.54) is 0 Å². The number of carbonyl (C=O) groups excluding carboxylic acids is 1. The highest BCUT2D eigenvalue weighted by Crippen LogP contribution is 2.29. The lowest BCUT2D eigenvalue weighted by Gasteiger charge is -2.16. The highest BCUT2D eigenvalue weighted by Gasteiger charge is 2.28. The van der Waals surface area contributed by atoms with Gasteiger partial charge in [-0.2, -0.15) is 0 Å². The van der Waals surface area contributed by atoms with Crippen molar-refractivity contribution in [1.29, 1.82) is 0 Å². The normalized spacial score (nSPS) is 21.1. The maximum absolute atomic E-state index is 11.6. The summed E-state index contributed by atoms with van der Waals surface area (Å²) in [6.45, 7) is 0.718. The number of benzene rings is 1. The predicted molar refractivity (Wildman–Crippen MR) is 73.9 cm³/mol. The third-order valence-corrected chi connectivity index (χ3v) is 4.48. The Bertz CT molecular complexity index is 412. The molecule has 0 radical (unpaired) electrons. The van der Waals surface area contributed by atoms with Crippen LogP contribution in [-0.4, -0.2) is 17.3 Å². The number of anilines is 1. The number of carbonyl (C=O) groups is 1. The van der Waals surface area contributed by atoms with E-state index in [2.05, 4.69) is 38.5 Å². The molecule has 1 fully saturated rings. The van der Waals surface area contributed by atoms with E-state index in [1.807, 2.05) is 18.2 Å². The molecular formula is C10H8BrClINO. The Kier molecular flexibility index (Phi) is 3.57. The van der Waals surface area contributed by atoms with Gasteiger partial charge >= 0.3 is 0 Å². The zero-order valence-corrected chi connectivity index (χ0v) is 12.2. The largest absolute Gasteiger partial charge is 0.311 e. The number of hydrogen-bond donors (Lipinski definition) is 0. The molecule has 1 aliphatic heterocycles. The van der Waals surface area contributed by atoms with Crippen molar-refractivity contribution in [1.82, 2.24) is 0 Å². The van der Waals surface area contributed by atoms with Crippen LogP contribution in [0, 0.1) is 3.57 Å². The van der Waals surface area contributed by atoms with Gasteiger partial charge in [0.15, 0.2) is 0 Å². The molecule has 1 amide bonds. The molecule has 1 unspecified atom stereocenters. The SMILES string of the molecule is O=C1CC(Br)CN1c1ccc(I)c(Cl)c1. The van der Waals surface area contributed by atoms with E-state index in [9.17, 15) is 4.79 Å². The van der Waals surface area contributed by atoms with Crippen LogP contribution in [0.2, 0.25) is 5.02 Å². The van der Waals surface area contributed by atoms with Gasteiger partial charge in [0, 0.05) is 27.1 Å². The first kappa shape index (κ1) is 11.7. The molecule has 1 aliphatic rings. The average molecular weight is 400 g/mol. The van der Waals surface area contributed by atoms with Crippen molar-refractivity contribution in [3.8, 4) is 0 Å². The molecule has 80 valence electrons. The molecule has 0 bridgehead atoms. The van der Waals surface area contributed by atoms with E-state index in [-0.39, 0.29) is 10.7 Å². The van der Waals surface area contributed by atoms with E-state index in [0.717, 1.165) is 15.8 Å². The predicted octanol–water partition coefficient (Wildman–Crippen LogP) is 3.44. The molecule has 1 heterocycles. The molecule has 1 aromatic rings. The number of alkyl halides is 1. The minimum Gasteiger partial charge on any atom is -0.311 e. The summed E-state index contributed by atoms with van der Waals surface area (Å²) >= 11 is 11.6. The third-order valence-electron chi connectivity index (χ3n) is 2.29. The van der Waals surface area contributed by atoms with Crippen LogP contribution in [-0.2, 0) is 4.79 Å². The number of hydrogen-bond acceptors (Lipinski definition) is 1. The molecule has 2 rings (SSSR count). The fourth-order valence-corrected chi connectivity index (χ4v) is 2.64. The van der Waals surface area contributed by atoms with Crippen molar-refractivity contribution >= 4 is 61.7 Å². The van der Waals surface area contributed by atoms with Crippen molar-refractivity contribution in [2.24, 2.45) is 0 Å². The molecular weight excluding hydrogens is 392 g/mol. The van der Waals surface area contributed by atoms with Crippen molar-refractivity contribution in [3.63, 3.8) is 0 Å². The molecule has 1 aromatic carbocycles. The van der Waals surface area contributed by atoms with Crippen LogP contribution in [0.3, 0.4) is 0 Å². The zero-order valence-electron chi connectivity index (χ0n) is 7.71. The first-order chi connectivity index (χ1) is 7.08. The molecule has 1 atom stereocenters. The van der Waals surface area contributed by atoms with Gasteiger partial charge in [0.1, 0.15) is 0 Å². The van der Waals surface area contributed by atoms with Crippen LogP contribution in [0.1, 0.15) is 6.42 Å². The zero-order chi connectivity index (χ0) is 11.0. The van der Waals surface area contributed by atoms with Crippen molar-refractivity contribution in [2.45, 2.75) is 11.2 Å². The molecule has 2 nitrogen and oxygen atoms in total. The van der Waals surface area contributed by atoms with Crippen LogP contribution in [0.15, 0.2) is 18.2 Å². The Labute approximate surface area is 115 Å². The van der Waals surface area contributed by atoms with Crippen molar-refractivity contribution in [3.05, 3.63) is 26.8 Å². The molecule has 5 heteroatoms. The van der Waals surface area contributed by atoms with Gasteiger partial charge < -0.3 is 4.90 Å². The summed E-state index contributed by atoms with van der Waals surface area (Å²) in [7, 11) is 0. The summed E-state index contributed by atoms with van der Waals surface area (Å²) in [6.07, 6.45) is 0.559. The second-order valence-electron chi connectivity index (χ2n) is 3.40. The van der Waals surface area contributed by atoms with E-state index in [0.29, 0.717) is 11.4 Å². The monoisotopic (exact) mass is 399 g/mol. The molecule has 0 spiro atoms. The smallest absolute Gasteiger partial charge is 0.228 e. The topological polar surface area (TPSA) is 20.3 Å². The molecule has 15 heavy (non-hydrogen) atoms. The molecule has 1 saturated heterocycles. The molecule has 0 N–H and O–H groups in total. The first-order valence-electron chi connectivity index (χ1n) is 4.47. The van der Waals surface area contributed by atoms with E-state index in [1.54, 1.807) is 4.90 Å². The average Bonchev–Trinajstić information content (AvgIpc) is 2.50. The van der Waals surface area contributed by atoms with Gasteiger partial charge in [-0.05, 0) is 40.8 Å². The van der Waals surface area contributed by atoms with Gasteiger partial charge in [-0.1, -0.05) is 27.5 Å². The van der Waals surface area contributed by atoms with Crippen LogP contribution < -0.4 is 4.90 Å². The van der Waals surface area contributed by atoms with Gasteiger partial charge in [0.2, 0.25) is 5.91 Å². The van der Waals surface area contributed by atoms with Crippen LogP contribution >= 0.6 is 50.1 Å². The lowest BCUT2D eigenvalue weighted by molar-refractivity contribution is -0.117. The standard InChI is InChI=1S/C10H8BrClINO/c11-6-3-10(15)14(5-6)7-1-2-9(13)8(12)4-7/h1-2,4,6H,3,5H2. The fraction of sp³-hybridized carbons (Fsp3) is 0.300. The fourth-order valence-electron chi connectivity index (χ4n) is 1.57. The van der Waals surface area contributed by atoms with Gasteiger partial charge in [-0.25, -0.2) is 0 Å². The summed E-state index contributed by atoms with van der Waals surface area (Å²) in [5.41, 5.74) is 0.882. The Balaban J connectivity index is 2.30. The molecule has 0 aliphatic carbocycles. The third kappa shape index (κ3) is 2.47. The highest BCUT2D eigenvalue weighted by atomic mass is 127. The Morgan fingerprint density at radius 1 is 1.53 bits per heavy atom. The minimum absolute atomic E-state index is 0.147. The summed E-state index contributed by atoms with van der Waals surface area (Å²) in [4.78, 5) is 13.7. The highest BCUT2D eigenvalue weighted by molar-refractivity contribution is 14.1. The van der Waals surface area contributed by atoms with Gasteiger partial charge in [-0.15, -0.1) is 0 Å². The van der Waals surface area contributed by atoms with Gasteiger partial charge in [0.05, 0.1) is 5.02 Å². The van der Waals surface area contributed by atoms with Crippen molar-refractivity contribution < 1.29 is 4.79 Å². The van der Waals surface area contributed by atoms with Gasteiger partial charge in [0.25, 0.3) is 0 Å². The quantitative estimate of drug-likeness (QED) is 0.522. The maximum atomic E-state index is 11.6. The summed E-state index contributed by atoms with van der Waals surface area (Å²) in [5.74, 6) is 0.147. The number of halogens is 3. The number of rotatable bonds is 1. The van der Waals surface area contributed by atoms with E-state index < -0.39 is 0 Å². The summed E-state index contributed by atoms with van der Waals surface area (Å²) < 4.78 is 1.00.